The van der Waals surface area contributed by atoms with Crippen LogP contribution in [0.15, 0.2) is 18.2 Å². The van der Waals surface area contributed by atoms with Crippen molar-refractivity contribution in [2.75, 3.05) is 0 Å². The number of nitrogens with one attached hydrogen (secondary N) is 1. The van der Waals surface area contributed by atoms with Crippen molar-refractivity contribution in [3.63, 3.8) is 0 Å². The topological polar surface area (TPSA) is 162 Å². The summed E-state index contributed by atoms with van der Waals surface area (Å²) in [7, 11) is 0. The van der Waals surface area contributed by atoms with Crippen LogP contribution in [0.1, 0.15) is 32.4 Å². The number of rotatable bonds is 5. The van der Waals surface area contributed by atoms with Crippen LogP contribution in [0.2, 0.25) is 0 Å². The number of hydrogen-bond acceptors (Lipinski definition) is 7. The van der Waals surface area contributed by atoms with E-state index in [1.807, 2.05) is 5.32 Å². The minimum atomic E-state index is -1.80. The molecule has 0 heterocycles. The van der Waals surface area contributed by atoms with Gasteiger partial charge in [-0.05, 0) is 26.8 Å². The smallest absolute Gasteiger partial charge is 0.408 e. The molecular formula is C13H15N3O8. The predicted octanol–water partition coefficient (Wildman–Crippen LogP) is 2.15. The summed E-state index contributed by atoms with van der Waals surface area (Å²) in [6, 6.07) is 0.643. The van der Waals surface area contributed by atoms with Crippen molar-refractivity contribution in [3.05, 3.63) is 44.0 Å². The number of carboxylic acids is 1. The van der Waals surface area contributed by atoms with E-state index >= 15 is 0 Å². The second-order valence-electron chi connectivity index (χ2n) is 5.67. The van der Waals surface area contributed by atoms with Gasteiger partial charge in [0.15, 0.2) is 6.04 Å². The number of aliphatic carboxylic acids is 1. The van der Waals surface area contributed by atoms with E-state index in [2.05, 4.69) is 0 Å². The van der Waals surface area contributed by atoms with E-state index in [1.165, 1.54) is 0 Å². The standard InChI is InChI=1S/C13H15N3O8/c1-13(2,3)24-12(19)14-10(11(17)18)8-5-4-7(15(20)21)6-9(8)16(22)23/h4-6,10H,1-3H3,(H,14,19)(H,17,18)/t10-/m0/s1. The molecule has 0 unspecified atom stereocenters. The van der Waals surface area contributed by atoms with Gasteiger partial charge in [0.2, 0.25) is 0 Å². The molecule has 0 saturated heterocycles. The highest BCUT2D eigenvalue weighted by Gasteiger charge is 2.32. The first-order chi connectivity index (χ1) is 10.9. The van der Waals surface area contributed by atoms with E-state index < -0.39 is 50.5 Å². The first-order valence-corrected chi connectivity index (χ1v) is 6.57. The molecule has 0 fully saturated rings. The third-order valence-electron chi connectivity index (χ3n) is 2.64. The Kier molecular flexibility index (Phi) is 5.40. The maximum absolute atomic E-state index is 11.7. The lowest BCUT2D eigenvalue weighted by Crippen LogP contribution is -2.38. The molecule has 24 heavy (non-hydrogen) atoms. The van der Waals surface area contributed by atoms with Gasteiger partial charge in [-0.2, -0.15) is 0 Å². The van der Waals surface area contributed by atoms with Gasteiger partial charge >= 0.3 is 12.1 Å². The van der Waals surface area contributed by atoms with Crippen LogP contribution >= 0.6 is 0 Å². The van der Waals surface area contributed by atoms with Gasteiger partial charge in [-0.25, -0.2) is 9.59 Å². The largest absolute Gasteiger partial charge is 0.479 e. The Hall–Kier alpha value is -3.24. The molecule has 1 aromatic carbocycles. The summed E-state index contributed by atoms with van der Waals surface area (Å²) in [4.78, 5) is 43.1. The van der Waals surface area contributed by atoms with Gasteiger partial charge in [-0.1, -0.05) is 0 Å². The number of carbonyl (C=O) groups is 2. The molecule has 0 bridgehead atoms. The maximum atomic E-state index is 11.7. The number of amides is 1. The fourth-order valence-corrected chi connectivity index (χ4v) is 1.75. The summed E-state index contributed by atoms with van der Waals surface area (Å²) < 4.78 is 4.91. The van der Waals surface area contributed by atoms with E-state index in [0.29, 0.717) is 6.07 Å². The average Bonchev–Trinajstić information content (AvgIpc) is 2.41. The van der Waals surface area contributed by atoms with Crippen LogP contribution in [0.4, 0.5) is 16.2 Å². The van der Waals surface area contributed by atoms with Crippen molar-refractivity contribution >= 4 is 23.4 Å². The molecule has 1 atom stereocenters. The predicted molar refractivity (Wildman–Crippen MR) is 79.5 cm³/mol. The van der Waals surface area contributed by atoms with Gasteiger partial charge in [-0.3, -0.25) is 20.2 Å². The molecule has 130 valence electrons. The molecule has 0 aliphatic rings. The zero-order valence-electron chi connectivity index (χ0n) is 13.0. The number of non-ortho nitro benzene ring substituents is 1. The molecule has 0 radical (unpaired) electrons. The molecule has 1 aromatic rings. The third-order valence-corrected chi connectivity index (χ3v) is 2.64. The van der Waals surface area contributed by atoms with Gasteiger partial charge in [0.25, 0.3) is 11.4 Å². The Labute approximate surface area is 135 Å². The number of nitrogens with zero attached hydrogens (tertiary/aromatic N) is 2. The van der Waals surface area contributed by atoms with Crippen molar-refractivity contribution in [2.24, 2.45) is 0 Å². The average molecular weight is 341 g/mol. The Morgan fingerprint density at radius 2 is 1.79 bits per heavy atom. The lowest BCUT2D eigenvalue weighted by Gasteiger charge is -2.22. The monoisotopic (exact) mass is 341 g/mol. The summed E-state index contributed by atoms with van der Waals surface area (Å²) in [5, 5.41) is 33.0. The van der Waals surface area contributed by atoms with Gasteiger partial charge < -0.3 is 15.2 Å². The van der Waals surface area contributed by atoms with Crippen molar-refractivity contribution in [3.8, 4) is 0 Å². The summed E-state index contributed by atoms with van der Waals surface area (Å²) in [6.07, 6.45) is -1.09. The van der Waals surface area contributed by atoms with Crippen LogP contribution in [0.25, 0.3) is 0 Å². The maximum Gasteiger partial charge on any atom is 0.408 e. The van der Waals surface area contributed by atoms with Crippen LogP contribution in [0.3, 0.4) is 0 Å². The fourth-order valence-electron chi connectivity index (χ4n) is 1.75. The normalized spacial score (nSPS) is 12.1. The molecule has 0 saturated carbocycles. The molecule has 2 N–H and O–H groups in total. The van der Waals surface area contributed by atoms with Gasteiger partial charge in [0.1, 0.15) is 5.60 Å². The molecule has 0 spiro atoms. The van der Waals surface area contributed by atoms with Crippen LogP contribution in [-0.2, 0) is 9.53 Å². The number of alkyl carbamates (subject to hydrolysis) is 1. The Bertz CT molecular complexity index is 695. The SMILES string of the molecule is CC(C)(C)OC(=O)N[C@H](C(=O)O)c1ccc([N+](=O)[O-])cc1[N+](=O)[O-]. The lowest BCUT2D eigenvalue weighted by atomic mass is 10.0. The third kappa shape index (κ3) is 4.90. The molecular weight excluding hydrogens is 326 g/mol. The number of benzene rings is 1. The van der Waals surface area contributed by atoms with E-state index in [-0.39, 0.29) is 0 Å². The van der Waals surface area contributed by atoms with Crippen molar-refractivity contribution in [2.45, 2.75) is 32.4 Å². The molecule has 0 aliphatic carbocycles. The van der Waals surface area contributed by atoms with Gasteiger partial charge in [0.05, 0.1) is 21.5 Å². The highest BCUT2D eigenvalue weighted by Crippen LogP contribution is 2.29. The van der Waals surface area contributed by atoms with Gasteiger partial charge in [0, 0.05) is 6.07 Å². The Balaban J connectivity index is 3.26. The Morgan fingerprint density at radius 3 is 2.21 bits per heavy atom. The summed E-state index contributed by atoms with van der Waals surface area (Å²) in [5.74, 6) is -1.59. The number of nitro groups is 2. The zero-order valence-corrected chi connectivity index (χ0v) is 13.0. The highest BCUT2D eigenvalue weighted by atomic mass is 16.6. The van der Waals surface area contributed by atoms with E-state index in [4.69, 9.17) is 4.74 Å². The van der Waals surface area contributed by atoms with E-state index in [0.717, 1.165) is 12.1 Å². The number of hydrogen-bond donors (Lipinski definition) is 2. The molecule has 0 aliphatic heterocycles. The van der Waals surface area contributed by atoms with E-state index in [9.17, 15) is 34.9 Å². The minimum Gasteiger partial charge on any atom is -0.479 e. The number of carbonyl (C=O) groups excluding carboxylic acids is 1. The van der Waals surface area contributed by atoms with Crippen LogP contribution in [0.5, 0.6) is 0 Å². The minimum absolute atomic E-state index is 0.413. The van der Waals surface area contributed by atoms with Gasteiger partial charge in [-0.15, -0.1) is 0 Å². The van der Waals surface area contributed by atoms with Crippen LogP contribution in [0, 0.1) is 20.2 Å². The first-order valence-electron chi connectivity index (χ1n) is 6.57. The van der Waals surface area contributed by atoms with Crippen molar-refractivity contribution in [1.29, 1.82) is 0 Å². The molecule has 11 heteroatoms. The lowest BCUT2D eigenvalue weighted by molar-refractivity contribution is -0.394. The number of nitro benzene ring substituents is 2. The quantitative estimate of drug-likeness (QED) is 0.608. The summed E-state index contributed by atoms with van der Waals surface area (Å²) >= 11 is 0. The second-order valence-corrected chi connectivity index (χ2v) is 5.67. The van der Waals surface area contributed by atoms with Crippen molar-refractivity contribution in [1.82, 2.24) is 5.32 Å². The molecule has 1 amide bonds. The number of carboxylic acid groups (broad SMARTS) is 1. The van der Waals surface area contributed by atoms with Crippen molar-refractivity contribution < 1.29 is 29.3 Å². The van der Waals surface area contributed by atoms with E-state index in [1.54, 1.807) is 20.8 Å². The summed E-state index contributed by atoms with van der Waals surface area (Å²) in [6.45, 7) is 4.66. The van der Waals surface area contributed by atoms with Crippen LogP contribution in [-0.4, -0.2) is 32.6 Å². The molecule has 1 rings (SSSR count). The zero-order chi connectivity index (χ0) is 18.7. The highest BCUT2D eigenvalue weighted by molar-refractivity contribution is 5.83. The van der Waals surface area contributed by atoms with Crippen LogP contribution < -0.4 is 5.32 Å². The molecule has 0 aromatic heterocycles. The fraction of sp³-hybridized carbons (Fsp3) is 0.385. The first kappa shape index (κ1) is 18.8. The molecule has 11 nitrogen and oxygen atoms in total. The second kappa shape index (κ2) is 6.89. The number of ether oxygens (including phenoxy) is 1. The Morgan fingerprint density at radius 1 is 1.21 bits per heavy atom. The summed E-state index contributed by atoms with van der Waals surface area (Å²) in [5.41, 5.74) is -2.70.